The normalized spacial score (nSPS) is 16.9. The standard InChI is InChI=1S/C14H10N2O3/c1-2-8-16-13(17)12(19-14(16)18)11(9-15)10-6-4-3-5-7-10/h2-7H,1,8H2/b12-11+. The molecule has 5 heteroatoms. The summed E-state index contributed by atoms with van der Waals surface area (Å²) in [6.07, 6.45) is 0.625. The predicted octanol–water partition coefficient (Wildman–Crippen LogP) is 2.09. The zero-order chi connectivity index (χ0) is 13.8. The Morgan fingerprint density at radius 3 is 2.63 bits per heavy atom. The van der Waals surface area contributed by atoms with E-state index >= 15 is 0 Å². The number of hydrogen-bond donors (Lipinski definition) is 0. The average Bonchev–Trinajstić information content (AvgIpc) is 2.70. The third-order valence-corrected chi connectivity index (χ3v) is 2.56. The summed E-state index contributed by atoms with van der Waals surface area (Å²) >= 11 is 0. The number of carbonyl (C=O) groups excluding carboxylic acids is 2. The number of allylic oxidation sites excluding steroid dienone is 1. The van der Waals surface area contributed by atoms with Crippen molar-refractivity contribution in [2.24, 2.45) is 0 Å². The Hall–Kier alpha value is -2.87. The molecule has 1 aliphatic rings. The zero-order valence-electron chi connectivity index (χ0n) is 10.00. The lowest BCUT2D eigenvalue weighted by Gasteiger charge is -2.05. The minimum Gasteiger partial charge on any atom is -0.402 e. The minimum absolute atomic E-state index is 0.0468. The summed E-state index contributed by atoms with van der Waals surface area (Å²) in [5.74, 6) is -0.856. The minimum atomic E-state index is -0.788. The largest absolute Gasteiger partial charge is 0.422 e. The van der Waals surface area contributed by atoms with Gasteiger partial charge in [-0.05, 0) is 5.56 Å². The molecule has 0 atom stereocenters. The van der Waals surface area contributed by atoms with Gasteiger partial charge in [-0.3, -0.25) is 4.79 Å². The summed E-state index contributed by atoms with van der Waals surface area (Å²) in [4.78, 5) is 24.4. The van der Waals surface area contributed by atoms with Gasteiger partial charge < -0.3 is 4.74 Å². The predicted molar refractivity (Wildman–Crippen MR) is 67.4 cm³/mol. The molecule has 19 heavy (non-hydrogen) atoms. The molecule has 5 nitrogen and oxygen atoms in total. The molecule has 1 saturated heterocycles. The number of rotatable bonds is 3. The lowest BCUT2D eigenvalue weighted by molar-refractivity contribution is -0.122. The van der Waals surface area contributed by atoms with Crippen molar-refractivity contribution >= 4 is 17.6 Å². The van der Waals surface area contributed by atoms with Gasteiger partial charge in [0.15, 0.2) is 0 Å². The van der Waals surface area contributed by atoms with Crippen LogP contribution in [0.1, 0.15) is 5.56 Å². The van der Waals surface area contributed by atoms with Crippen LogP contribution in [0.4, 0.5) is 4.79 Å². The van der Waals surface area contributed by atoms with E-state index < -0.39 is 12.0 Å². The van der Waals surface area contributed by atoms with Gasteiger partial charge in [0.05, 0.1) is 6.54 Å². The van der Waals surface area contributed by atoms with Gasteiger partial charge in [-0.2, -0.15) is 5.26 Å². The zero-order valence-corrected chi connectivity index (χ0v) is 10.00. The van der Waals surface area contributed by atoms with Crippen LogP contribution in [0, 0.1) is 11.3 Å². The van der Waals surface area contributed by atoms with Crippen molar-refractivity contribution in [3.63, 3.8) is 0 Å². The molecular weight excluding hydrogens is 244 g/mol. The molecule has 0 spiro atoms. The number of nitriles is 1. The van der Waals surface area contributed by atoms with Gasteiger partial charge in [0.25, 0.3) is 0 Å². The molecule has 1 aromatic rings. The van der Waals surface area contributed by atoms with Gasteiger partial charge in [-0.15, -0.1) is 6.58 Å². The summed E-state index contributed by atoms with van der Waals surface area (Å²) in [7, 11) is 0. The first kappa shape index (κ1) is 12.6. The summed E-state index contributed by atoms with van der Waals surface area (Å²) in [5.41, 5.74) is 0.576. The Bertz CT molecular complexity index is 611. The molecule has 2 amide bonds. The van der Waals surface area contributed by atoms with Crippen LogP contribution in [0.25, 0.3) is 5.57 Å². The molecule has 94 valence electrons. The first-order chi connectivity index (χ1) is 9.19. The smallest absolute Gasteiger partial charge is 0.402 e. The fourth-order valence-corrected chi connectivity index (χ4v) is 1.69. The van der Waals surface area contributed by atoms with E-state index in [1.165, 1.54) is 6.08 Å². The lowest BCUT2D eigenvalue weighted by atomic mass is 10.1. The van der Waals surface area contributed by atoms with Crippen molar-refractivity contribution in [2.75, 3.05) is 6.54 Å². The molecule has 0 bridgehead atoms. The monoisotopic (exact) mass is 254 g/mol. The third kappa shape index (κ3) is 2.24. The molecular formula is C14H10N2O3. The van der Waals surface area contributed by atoms with E-state index in [2.05, 4.69) is 6.58 Å². The number of cyclic esters (lactones) is 1. The molecule has 0 aromatic heterocycles. The van der Waals surface area contributed by atoms with Gasteiger partial charge in [-0.25, -0.2) is 9.69 Å². The Morgan fingerprint density at radius 2 is 2.05 bits per heavy atom. The van der Waals surface area contributed by atoms with E-state index in [0.29, 0.717) is 5.56 Å². The van der Waals surface area contributed by atoms with Crippen molar-refractivity contribution < 1.29 is 14.3 Å². The number of hydrogen-bond acceptors (Lipinski definition) is 4. The maximum absolute atomic E-state index is 12.0. The summed E-state index contributed by atoms with van der Waals surface area (Å²) < 4.78 is 4.89. The molecule has 0 aliphatic carbocycles. The Morgan fingerprint density at radius 1 is 1.37 bits per heavy atom. The molecule has 0 radical (unpaired) electrons. The van der Waals surface area contributed by atoms with Crippen LogP contribution in [0.5, 0.6) is 0 Å². The van der Waals surface area contributed by atoms with Crippen molar-refractivity contribution in [3.05, 3.63) is 54.3 Å². The first-order valence-corrected chi connectivity index (χ1v) is 5.53. The summed E-state index contributed by atoms with van der Waals surface area (Å²) in [5, 5.41) is 9.17. The van der Waals surface area contributed by atoms with Crippen LogP contribution in [0.3, 0.4) is 0 Å². The number of ether oxygens (including phenoxy) is 1. The molecule has 0 unspecified atom stereocenters. The van der Waals surface area contributed by atoms with Crippen LogP contribution in [0.15, 0.2) is 48.7 Å². The maximum Gasteiger partial charge on any atom is 0.422 e. The number of benzene rings is 1. The van der Waals surface area contributed by atoms with Crippen LogP contribution < -0.4 is 0 Å². The van der Waals surface area contributed by atoms with E-state index in [4.69, 9.17) is 4.74 Å². The second kappa shape index (κ2) is 5.19. The number of amides is 2. The molecule has 0 N–H and O–H groups in total. The van der Waals surface area contributed by atoms with Gasteiger partial charge >= 0.3 is 12.0 Å². The second-order valence-electron chi connectivity index (χ2n) is 3.75. The lowest BCUT2D eigenvalue weighted by Crippen LogP contribution is -2.28. The highest BCUT2D eigenvalue weighted by Gasteiger charge is 2.38. The van der Waals surface area contributed by atoms with Crippen molar-refractivity contribution in [1.82, 2.24) is 4.90 Å². The van der Waals surface area contributed by atoms with Crippen LogP contribution >= 0.6 is 0 Å². The SMILES string of the molecule is C=CCN1C(=O)O/C(=C(\C#N)c2ccccc2)C1=O. The second-order valence-corrected chi connectivity index (χ2v) is 3.75. The molecule has 1 heterocycles. The summed E-state index contributed by atoms with van der Waals surface area (Å²) in [6, 6.07) is 10.5. The number of nitrogens with zero attached hydrogens (tertiary/aromatic N) is 2. The van der Waals surface area contributed by atoms with E-state index in [1.807, 2.05) is 6.07 Å². The Balaban J connectivity index is 2.47. The first-order valence-electron chi connectivity index (χ1n) is 5.53. The summed E-state index contributed by atoms with van der Waals surface area (Å²) in [6.45, 7) is 3.51. The van der Waals surface area contributed by atoms with Gasteiger partial charge in [0.1, 0.15) is 11.6 Å². The van der Waals surface area contributed by atoms with Crippen LogP contribution in [-0.2, 0) is 9.53 Å². The van der Waals surface area contributed by atoms with Gasteiger partial charge in [0, 0.05) is 0 Å². The molecule has 0 saturated carbocycles. The molecule has 2 rings (SSSR count). The topological polar surface area (TPSA) is 70.4 Å². The van der Waals surface area contributed by atoms with Gasteiger partial charge in [-0.1, -0.05) is 36.4 Å². The highest BCUT2D eigenvalue weighted by atomic mass is 16.6. The molecule has 1 fully saturated rings. The van der Waals surface area contributed by atoms with Crippen molar-refractivity contribution in [1.29, 1.82) is 5.26 Å². The maximum atomic E-state index is 12.0. The van der Waals surface area contributed by atoms with E-state index in [1.54, 1.807) is 30.3 Å². The Labute approximate surface area is 110 Å². The quantitative estimate of drug-likeness (QED) is 0.470. The van der Waals surface area contributed by atoms with E-state index in [9.17, 15) is 14.9 Å². The number of carbonyl (C=O) groups is 2. The van der Waals surface area contributed by atoms with Crippen molar-refractivity contribution in [2.45, 2.75) is 0 Å². The highest BCUT2D eigenvalue weighted by Crippen LogP contribution is 2.25. The van der Waals surface area contributed by atoms with Crippen LogP contribution in [0.2, 0.25) is 0 Å². The van der Waals surface area contributed by atoms with Gasteiger partial charge in [0.2, 0.25) is 5.76 Å². The number of imide groups is 1. The fourth-order valence-electron chi connectivity index (χ4n) is 1.69. The average molecular weight is 254 g/mol. The molecule has 1 aromatic carbocycles. The van der Waals surface area contributed by atoms with Crippen LogP contribution in [-0.4, -0.2) is 23.4 Å². The Kier molecular flexibility index (Phi) is 3.44. The highest BCUT2D eigenvalue weighted by molar-refractivity contribution is 6.13. The third-order valence-electron chi connectivity index (χ3n) is 2.56. The van der Waals surface area contributed by atoms with E-state index in [0.717, 1.165) is 4.90 Å². The fraction of sp³-hybridized carbons (Fsp3) is 0.0714. The van der Waals surface area contributed by atoms with E-state index in [-0.39, 0.29) is 17.9 Å². The molecule has 1 aliphatic heterocycles. The van der Waals surface area contributed by atoms with Crippen molar-refractivity contribution in [3.8, 4) is 6.07 Å².